The van der Waals surface area contributed by atoms with Crippen LogP contribution < -0.4 is 11.5 Å². The Morgan fingerprint density at radius 3 is 2.15 bits per heavy atom. The second-order valence-corrected chi connectivity index (χ2v) is 5.98. The molecule has 3 aliphatic rings. The molecule has 0 aromatic heterocycles. The van der Waals surface area contributed by atoms with Gasteiger partial charge in [-0.2, -0.15) is 0 Å². The lowest BCUT2D eigenvalue weighted by molar-refractivity contribution is 0.251. The fourth-order valence-electron chi connectivity index (χ4n) is 3.90. The highest BCUT2D eigenvalue weighted by Gasteiger charge is 2.86. The molecule has 13 heavy (non-hydrogen) atoms. The van der Waals surface area contributed by atoms with E-state index in [1.807, 2.05) is 0 Å². The number of nitrogens with two attached hydrogens (primary N) is 2. The summed E-state index contributed by atoms with van der Waals surface area (Å²) in [5.41, 5.74) is 12.8. The average Bonchev–Trinajstić information content (AvgIpc) is 2.90. The molecule has 0 saturated heterocycles. The zero-order valence-electron chi connectivity index (χ0n) is 8.75. The number of hydrogen-bond donors (Lipinski definition) is 2. The van der Waals surface area contributed by atoms with E-state index in [2.05, 4.69) is 20.8 Å². The molecule has 3 fully saturated rings. The number of fused-ring (bicyclic) bond motifs is 1. The highest BCUT2D eigenvalue weighted by atomic mass is 15.1. The van der Waals surface area contributed by atoms with E-state index in [1.165, 1.54) is 6.42 Å². The Morgan fingerprint density at radius 2 is 1.85 bits per heavy atom. The van der Waals surface area contributed by atoms with Crippen LogP contribution in [0.1, 0.15) is 27.2 Å². The van der Waals surface area contributed by atoms with Crippen molar-refractivity contribution < 1.29 is 0 Å². The number of hydrogen-bond acceptors (Lipinski definition) is 2. The van der Waals surface area contributed by atoms with Gasteiger partial charge in [0.2, 0.25) is 0 Å². The third-order valence-corrected chi connectivity index (χ3v) is 5.16. The van der Waals surface area contributed by atoms with Gasteiger partial charge in [0.15, 0.2) is 0 Å². The molecule has 3 rings (SSSR count). The first kappa shape index (κ1) is 8.25. The largest absolute Gasteiger partial charge is 0.325 e. The van der Waals surface area contributed by atoms with E-state index < -0.39 is 0 Å². The maximum absolute atomic E-state index is 6.41. The van der Waals surface area contributed by atoms with Crippen molar-refractivity contribution in [1.82, 2.24) is 0 Å². The molecule has 0 radical (unpaired) electrons. The van der Waals surface area contributed by atoms with Crippen molar-refractivity contribution in [2.45, 2.75) is 38.3 Å². The summed E-state index contributed by atoms with van der Waals surface area (Å²) in [6.07, 6.45) is 1.32. The quantitative estimate of drug-likeness (QED) is 0.665. The molecule has 7 atom stereocenters. The molecule has 0 aliphatic heterocycles. The van der Waals surface area contributed by atoms with Gasteiger partial charge in [0.25, 0.3) is 0 Å². The summed E-state index contributed by atoms with van der Waals surface area (Å²) >= 11 is 0. The van der Waals surface area contributed by atoms with Crippen LogP contribution in [0.2, 0.25) is 0 Å². The first-order valence-electron chi connectivity index (χ1n) is 5.49. The van der Waals surface area contributed by atoms with Crippen LogP contribution in [-0.2, 0) is 0 Å². The monoisotopic (exact) mass is 180 g/mol. The first-order valence-corrected chi connectivity index (χ1v) is 5.49. The predicted octanol–water partition coefficient (Wildman–Crippen LogP) is 0.953. The normalized spacial score (nSPS) is 66.7. The molecule has 4 N–H and O–H groups in total. The van der Waals surface area contributed by atoms with Gasteiger partial charge in [-0.3, -0.25) is 0 Å². The lowest BCUT2D eigenvalue weighted by Gasteiger charge is -2.31. The van der Waals surface area contributed by atoms with Gasteiger partial charge < -0.3 is 11.5 Å². The van der Waals surface area contributed by atoms with E-state index in [-0.39, 0.29) is 11.1 Å². The highest BCUT2D eigenvalue weighted by molar-refractivity contribution is 5.41. The fourth-order valence-corrected chi connectivity index (χ4v) is 3.90. The molecule has 3 saturated carbocycles. The van der Waals surface area contributed by atoms with E-state index in [0.29, 0.717) is 5.92 Å². The van der Waals surface area contributed by atoms with Crippen LogP contribution in [0.25, 0.3) is 0 Å². The molecular formula is C11H20N2. The second kappa shape index (κ2) is 1.82. The molecule has 0 spiro atoms. The molecule has 0 bridgehead atoms. The molecule has 74 valence electrons. The molecular weight excluding hydrogens is 160 g/mol. The topological polar surface area (TPSA) is 52.0 Å². The smallest absolute Gasteiger partial charge is 0.0269 e. The van der Waals surface area contributed by atoms with Crippen LogP contribution in [0.3, 0.4) is 0 Å². The molecule has 7 unspecified atom stereocenters. The van der Waals surface area contributed by atoms with E-state index in [4.69, 9.17) is 11.5 Å². The van der Waals surface area contributed by atoms with Gasteiger partial charge in [-0.05, 0) is 37.0 Å². The Bertz CT molecular complexity index is 273. The van der Waals surface area contributed by atoms with Crippen molar-refractivity contribution >= 4 is 0 Å². The summed E-state index contributed by atoms with van der Waals surface area (Å²) < 4.78 is 0. The molecule has 3 aliphatic carbocycles. The summed E-state index contributed by atoms with van der Waals surface area (Å²) in [5.74, 6) is 3.72. The van der Waals surface area contributed by atoms with Crippen LogP contribution in [0.15, 0.2) is 0 Å². The van der Waals surface area contributed by atoms with Crippen molar-refractivity contribution in [3.8, 4) is 0 Å². The van der Waals surface area contributed by atoms with Crippen molar-refractivity contribution in [1.29, 1.82) is 0 Å². The molecule has 0 aromatic carbocycles. The SMILES string of the molecule is CC1CC1C(C)(N)C1C2C(C)C21N. The van der Waals surface area contributed by atoms with Gasteiger partial charge >= 0.3 is 0 Å². The zero-order valence-corrected chi connectivity index (χ0v) is 8.75. The Labute approximate surface area is 80.1 Å². The second-order valence-electron chi connectivity index (χ2n) is 5.98. The summed E-state index contributed by atoms with van der Waals surface area (Å²) in [7, 11) is 0. The van der Waals surface area contributed by atoms with Crippen LogP contribution in [0.4, 0.5) is 0 Å². The third kappa shape index (κ3) is 0.736. The van der Waals surface area contributed by atoms with Gasteiger partial charge in [0, 0.05) is 17.0 Å². The summed E-state index contributed by atoms with van der Waals surface area (Å²) in [6.45, 7) is 6.78. The molecule has 0 heterocycles. The molecule has 0 aromatic rings. The van der Waals surface area contributed by atoms with E-state index in [0.717, 1.165) is 23.7 Å². The highest BCUT2D eigenvalue weighted by Crippen LogP contribution is 2.79. The van der Waals surface area contributed by atoms with Gasteiger partial charge in [-0.15, -0.1) is 0 Å². The average molecular weight is 180 g/mol. The van der Waals surface area contributed by atoms with Gasteiger partial charge in [-0.25, -0.2) is 0 Å². The summed E-state index contributed by atoms with van der Waals surface area (Å²) in [5, 5.41) is 0. The zero-order chi connectivity index (χ0) is 9.59. The summed E-state index contributed by atoms with van der Waals surface area (Å²) in [6, 6.07) is 0. The lowest BCUT2D eigenvalue weighted by atomic mass is 9.81. The maximum atomic E-state index is 6.41. The van der Waals surface area contributed by atoms with Crippen LogP contribution in [-0.4, -0.2) is 11.1 Å². The minimum atomic E-state index is 0.0331. The van der Waals surface area contributed by atoms with Crippen LogP contribution in [0.5, 0.6) is 0 Å². The fraction of sp³-hybridized carbons (Fsp3) is 1.00. The molecule has 2 nitrogen and oxygen atoms in total. The standard InChI is InChI=1S/C11H20N2/c1-5-4-7(5)10(3,12)9-8-6(2)11(8,9)13/h5-9H,4,12-13H2,1-3H3. The van der Waals surface area contributed by atoms with Crippen LogP contribution in [0, 0.1) is 29.6 Å². The number of rotatable bonds is 2. The van der Waals surface area contributed by atoms with Gasteiger partial charge in [0.05, 0.1) is 0 Å². The Morgan fingerprint density at radius 1 is 1.38 bits per heavy atom. The van der Waals surface area contributed by atoms with E-state index in [1.54, 1.807) is 0 Å². The van der Waals surface area contributed by atoms with Crippen molar-refractivity contribution in [2.75, 3.05) is 0 Å². The Hall–Kier alpha value is -0.0800. The lowest BCUT2D eigenvalue weighted by Crippen LogP contribution is -2.49. The van der Waals surface area contributed by atoms with Crippen molar-refractivity contribution in [3.05, 3.63) is 0 Å². The summed E-state index contributed by atoms with van der Waals surface area (Å²) in [4.78, 5) is 0. The Balaban J connectivity index is 1.74. The first-order chi connectivity index (χ1) is 5.91. The maximum Gasteiger partial charge on any atom is 0.0269 e. The molecule has 0 amide bonds. The Kier molecular flexibility index (Phi) is 1.16. The van der Waals surface area contributed by atoms with Crippen LogP contribution >= 0.6 is 0 Å². The van der Waals surface area contributed by atoms with E-state index >= 15 is 0 Å². The van der Waals surface area contributed by atoms with Crippen molar-refractivity contribution in [3.63, 3.8) is 0 Å². The molecule has 2 heteroatoms. The van der Waals surface area contributed by atoms with Crippen molar-refractivity contribution in [2.24, 2.45) is 41.1 Å². The third-order valence-electron chi connectivity index (χ3n) is 5.16. The predicted molar refractivity (Wildman–Crippen MR) is 52.9 cm³/mol. The van der Waals surface area contributed by atoms with Gasteiger partial charge in [0.1, 0.15) is 0 Å². The minimum absolute atomic E-state index is 0.0331. The van der Waals surface area contributed by atoms with Gasteiger partial charge in [-0.1, -0.05) is 13.8 Å². The minimum Gasteiger partial charge on any atom is -0.325 e. The van der Waals surface area contributed by atoms with E-state index in [9.17, 15) is 0 Å².